The number of rotatable bonds is 4. The molecule has 0 aliphatic rings. The number of aromatic nitrogens is 4. The van der Waals surface area contributed by atoms with Gasteiger partial charge in [-0.1, -0.05) is 38.4 Å². The number of hydrogen-bond acceptors (Lipinski definition) is 4. The average molecular weight is 691 g/mol. The Labute approximate surface area is 241 Å². The van der Waals surface area contributed by atoms with Crippen LogP contribution in [0.15, 0.2) is 79.3 Å². The maximum absolute atomic E-state index is 9.59. The normalized spacial score (nSPS) is 11.4. The molecule has 3 aromatic carbocycles. The second kappa shape index (κ2) is 10.2. The number of nitrogens with zero attached hydrogens (tertiary/aromatic N) is 5. The van der Waals surface area contributed by atoms with Crippen LogP contribution < -0.4 is 4.74 Å². The maximum Gasteiger partial charge on any atom is 2.00 e. The minimum Gasteiger partial charge on any atom is -0.503 e. The van der Waals surface area contributed by atoms with E-state index in [0.717, 1.165) is 39.0 Å². The van der Waals surface area contributed by atoms with Gasteiger partial charge in [0.05, 0.1) is 17.5 Å². The van der Waals surface area contributed by atoms with Crippen LogP contribution in [0.3, 0.4) is 0 Å². The monoisotopic (exact) mass is 690 g/mol. The molecule has 0 N–H and O–H groups in total. The topological polar surface area (TPSA) is 68.7 Å². The van der Waals surface area contributed by atoms with E-state index in [4.69, 9.17) is 9.72 Å². The summed E-state index contributed by atoms with van der Waals surface area (Å²) in [5.41, 5.74) is 4.28. The zero-order valence-corrected chi connectivity index (χ0v) is 24.2. The molecule has 0 bridgehead atoms. The summed E-state index contributed by atoms with van der Waals surface area (Å²) in [4.78, 5) is 9.13. The van der Waals surface area contributed by atoms with Crippen LogP contribution in [0.5, 0.6) is 11.5 Å². The Bertz CT molecular complexity index is 1870. The van der Waals surface area contributed by atoms with Gasteiger partial charge in [-0.15, -0.1) is 41.3 Å². The van der Waals surface area contributed by atoms with Crippen molar-refractivity contribution in [2.45, 2.75) is 26.2 Å². The maximum atomic E-state index is 9.59. The van der Waals surface area contributed by atoms with E-state index in [9.17, 15) is 5.26 Å². The van der Waals surface area contributed by atoms with Crippen molar-refractivity contribution in [3.63, 3.8) is 0 Å². The number of imidazole rings is 1. The van der Waals surface area contributed by atoms with E-state index in [2.05, 4.69) is 54.6 Å². The molecule has 0 fully saturated rings. The average Bonchev–Trinajstić information content (AvgIpc) is 3.48. The standard InChI is InChI=1S/C32H25N5O.Pt/c1-32(2,3)23-12-13-34-30(18-23)37-28-16-21(20-33)8-10-26(28)27-11-9-25(19-29(27)37)38-24-7-5-6-22(17-24)31-35-14-15-36(31)4;/h5-16,18H,1-4H3;/q-2;+2. The number of aryl methyl sites for hydroxylation is 1. The molecule has 0 radical (unpaired) electrons. The molecule has 6 rings (SSSR count). The molecule has 3 aromatic heterocycles. The second-order valence-corrected chi connectivity index (χ2v) is 10.3. The van der Waals surface area contributed by atoms with Crippen molar-refractivity contribution >= 4 is 21.8 Å². The molecule has 0 saturated heterocycles. The molecule has 6 aromatic rings. The Morgan fingerprint density at radius 3 is 2.44 bits per heavy atom. The number of nitriles is 1. The Hall–Kier alpha value is -4.20. The van der Waals surface area contributed by atoms with Crippen LogP contribution in [0.2, 0.25) is 0 Å². The number of ether oxygens (including phenoxy) is 1. The van der Waals surface area contributed by atoms with E-state index in [0.29, 0.717) is 17.1 Å². The Morgan fingerprint density at radius 2 is 1.69 bits per heavy atom. The predicted octanol–water partition coefficient (Wildman–Crippen LogP) is 7.14. The van der Waals surface area contributed by atoms with Gasteiger partial charge in [-0.05, 0) is 40.6 Å². The number of benzene rings is 3. The van der Waals surface area contributed by atoms with Crippen molar-refractivity contribution in [2.24, 2.45) is 7.05 Å². The first-order valence-corrected chi connectivity index (χ1v) is 12.4. The van der Waals surface area contributed by atoms with E-state index in [1.165, 1.54) is 5.56 Å². The van der Waals surface area contributed by atoms with Gasteiger partial charge in [0.15, 0.2) is 0 Å². The summed E-state index contributed by atoms with van der Waals surface area (Å²) in [6, 6.07) is 28.6. The molecule has 0 unspecified atom stereocenters. The smallest absolute Gasteiger partial charge is 0.503 e. The van der Waals surface area contributed by atoms with Gasteiger partial charge in [0, 0.05) is 42.7 Å². The van der Waals surface area contributed by atoms with Gasteiger partial charge in [0.1, 0.15) is 5.82 Å². The SMILES string of the molecule is Cn1ccnc1-c1[c-]c(Oc2[c-]c3c(cc2)c2ccc(C#N)cc2n3-c2cc(C(C)(C)C)ccn2)ccc1.[Pt+2]. The third-order valence-corrected chi connectivity index (χ3v) is 6.67. The quantitative estimate of drug-likeness (QED) is 0.185. The van der Waals surface area contributed by atoms with Gasteiger partial charge in [0.2, 0.25) is 0 Å². The van der Waals surface area contributed by atoms with Crippen molar-refractivity contribution in [3.8, 4) is 34.8 Å². The molecule has 0 saturated carbocycles. The number of hydrogen-bond donors (Lipinski definition) is 0. The van der Waals surface area contributed by atoms with E-state index in [1.54, 1.807) is 6.20 Å². The van der Waals surface area contributed by atoms with Gasteiger partial charge in [-0.2, -0.15) is 11.3 Å². The molecule has 7 heteroatoms. The first-order valence-electron chi connectivity index (χ1n) is 12.4. The van der Waals surface area contributed by atoms with Crippen LogP contribution in [-0.4, -0.2) is 19.1 Å². The van der Waals surface area contributed by atoms with Crippen LogP contribution >= 0.6 is 0 Å². The fraction of sp³-hybridized carbons (Fsp3) is 0.156. The zero-order valence-electron chi connectivity index (χ0n) is 22.0. The van der Waals surface area contributed by atoms with Gasteiger partial charge in [-0.25, -0.2) is 4.98 Å². The molecule has 6 nitrogen and oxygen atoms in total. The van der Waals surface area contributed by atoms with Gasteiger partial charge >= 0.3 is 21.1 Å². The Kier molecular flexibility index (Phi) is 6.88. The second-order valence-electron chi connectivity index (χ2n) is 10.3. The molecule has 0 aliphatic carbocycles. The largest absolute Gasteiger partial charge is 2.00 e. The van der Waals surface area contributed by atoms with E-state index in [-0.39, 0.29) is 26.5 Å². The molecule has 3 heterocycles. The molecule has 0 aliphatic heterocycles. The molecular formula is C32H25N5OPt. The summed E-state index contributed by atoms with van der Waals surface area (Å²) < 4.78 is 10.2. The summed E-state index contributed by atoms with van der Waals surface area (Å²) in [5.74, 6) is 2.71. The van der Waals surface area contributed by atoms with Crippen LogP contribution in [-0.2, 0) is 33.5 Å². The number of fused-ring (bicyclic) bond motifs is 3. The summed E-state index contributed by atoms with van der Waals surface area (Å²) in [6.07, 6.45) is 5.50. The van der Waals surface area contributed by atoms with E-state index < -0.39 is 0 Å². The summed E-state index contributed by atoms with van der Waals surface area (Å²) in [5, 5.41) is 11.6. The first kappa shape index (κ1) is 26.4. The van der Waals surface area contributed by atoms with Crippen molar-refractivity contribution in [1.82, 2.24) is 19.1 Å². The van der Waals surface area contributed by atoms with Crippen molar-refractivity contribution in [2.75, 3.05) is 0 Å². The molecule has 0 atom stereocenters. The molecule has 39 heavy (non-hydrogen) atoms. The van der Waals surface area contributed by atoms with Gasteiger partial charge in [0.25, 0.3) is 0 Å². The van der Waals surface area contributed by atoms with Gasteiger partial charge in [-0.3, -0.25) is 4.98 Å². The van der Waals surface area contributed by atoms with E-state index in [1.807, 2.05) is 78.6 Å². The Balaban J connectivity index is 0.00000308. The number of pyridine rings is 1. The van der Waals surface area contributed by atoms with E-state index >= 15 is 0 Å². The third-order valence-electron chi connectivity index (χ3n) is 6.67. The summed E-state index contributed by atoms with van der Waals surface area (Å²) in [7, 11) is 1.95. The van der Waals surface area contributed by atoms with Crippen LogP contribution in [0, 0.1) is 23.5 Å². The zero-order chi connectivity index (χ0) is 26.4. The summed E-state index contributed by atoms with van der Waals surface area (Å²) >= 11 is 0. The predicted molar refractivity (Wildman–Crippen MR) is 148 cm³/mol. The minimum absolute atomic E-state index is 0. The van der Waals surface area contributed by atoms with Crippen LogP contribution in [0.1, 0.15) is 31.9 Å². The van der Waals surface area contributed by atoms with Gasteiger partial charge < -0.3 is 13.9 Å². The van der Waals surface area contributed by atoms with Crippen molar-refractivity contribution < 1.29 is 25.8 Å². The molecule has 0 spiro atoms. The minimum atomic E-state index is -0.0414. The van der Waals surface area contributed by atoms with Crippen molar-refractivity contribution in [3.05, 3.63) is 103 Å². The Morgan fingerprint density at radius 1 is 0.897 bits per heavy atom. The third kappa shape index (κ3) is 4.87. The molecule has 194 valence electrons. The van der Waals surface area contributed by atoms with Crippen LogP contribution in [0.4, 0.5) is 0 Å². The van der Waals surface area contributed by atoms with Crippen molar-refractivity contribution in [1.29, 1.82) is 5.26 Å². The first-order chi connectivity index (χ1) is 18.3. The van der Waals surface area contributed by atoms with Crippen LogP contribution in [0.25, 0.3) is 39.0 Å². The fourth-order valence-electron chi connectivity index (χ4n) is 4.68. The fourth-order valence-corrected chi connectivity index (χ4v) is 4.68. The molecular weight excluding hydrogens is 665 g/mol. The molecule has 0 amide bonds. The summed E-state index contributed by atoms with van der Waals surface area (Å²) in [6.45, 7) is 6.54.